The number of nitrogen functional groups attached to an aromatic ring is 1. The minimum atomic E-state index is -0.250. The van der Waals surface area contributed by atoms with Crippen molar-refractivity contribution >= 4 is 17.1 Å². The normalized spacial score (nSPS) is 11.2. The number of H-pyrrole nitrogens is 1. The van der Waals surface area contributed by atoms with Crippen molar-refractivity contribution in [1.82, 2.24) is 19.5 Å². The third-order valence-electron chi connectivity index (χ3n) is 3.06. The predicted octanol–water partition coefficient (Wildman–Crippen LogP) is 0.645. The fraction of sp³-hybridized carbons (Fsp3) is 0.583. The number of fused-ring (bicyclic) bond motifs is 1. The van der Waals surface area contributed by atoms with E-state index in [0.29, 0.717) is 11.2 Å². The Hall–Kier alpha value is -1.89. The van der Waals surface area contributed by atoms with Crippen molar-refractivity contribution in [1.29, 1.82) is 0 Å². The molecule has 7 heteroatoms. The van der Waals surface area contributed by atoms with Crippen LogP contribution in [-0.2, 0) is 6.54 Å². The molecule has 0 aromatic carbocycles. The van der Waals surface area contributed by atoms with Gasteiger partial charge in [-0.2, -0.15) is 4.98 Å². The van der Waals surface area contributed by atoms with Crippen molar-refractivity contribution in [2.75, 3.05) is 12.3 Å². The molecular weight excluding hydrogens is 246 g/mol. The van der Waals surface area contributed by atoms with Crippen LogP contribution in [0.1, 0.15) is 32.1 Å². The standard InChI is InChI=1S/C12H19N5O2/c13-12-15-10-9(11(19)16-12)17(8-14-10)6-4-2-1-3-5-7-18/h8,18H,1-7H2,(H3,13,15,16,19). The molecule has 2 rings (SSSR count). The molecule has 2 heterocycles. The van der Waals surface area contributed by atoms with Crippen LogP contribution in [0, 0.1) is 0 Å². The monoisotopic (exact) mass is 265 g/mol. The van der Waals surface area contributed by atoms with Crippen LogP contribution >= 0.6 is 0 Å². The number of nitrogens with two attached hydrogens (primary N) is 1. The zero-order valence-corrected chi connectivity index (χ0v) is 10.8. The minimum Gasteiger partial charge on any atom is -0.396 e. The van der Waals surface area contributed by atoms with E-state index in [1.807, 2.05) is 4.57 Å². The van der Waals surface area contributed by atoms with Gasteiger partial charge in [0, 0.05) is 13.2 Å². The fourth-order valence-corrected chi connectivity index (χ4v) is 2.10. The smallest absolute Gasteiger partial charge is 0.278 e. The number of aromatic amines is 1. The second-order valence-corrected chi connectivity index (χ2v) is 4.55. The summed E-state index contributed by atoms with van der Waals surface area (Å²) in [6.45, 7) is 0.999. The van der Waals surface area contributed by atoms with Crippen molar-refractivity contribution in [3.8, 4) is 0 Å². The lowest BCUT2D eigenvalue weighted by Crippen LogP contribution is -2.14. The van der Waals surface area contributed by atoms with Gasteiger partial charge in [-0.3, -0.25) is 9.78 Å². The molecule has 0 aliphatic carbocycles. The van der Waals surface area contributed by atoms with Crippen molar-refractivity contribution in [2.24, 2.45) is 0 Å². The van der Waals surface area contributed by atoms with Gasteiger partial charge in [-0.25, -0.2) is 4.98 Å². The summed E-state index contributed by atoms with van der Waals surface area (Å²) < 4.78 is 1.81. The molecule has 7 nitrogen and oxygen atoms in total. The Labute approximate surface area is 110 Å². The second kappa shape index (κ2) is 6.33. The van der Waals surface area contributed by atoms with Crippen LogP contribution < -0.4 is 11.3 Å². The van der Waals surface area contributed by atoms with Crippen LogP contribution in [-0.4, -0.2) is 31.2 Å². The van der Waals surface area contributed by atoms with Gasteiger partial charge in [0.15, 0.2) is 11.2 Å². The summed E-state index contributed by atoms with van der Waals surface area (Å²) in [4.78, 5) is 22.3. The van der Waals surface area contributed by atoms with E-state index in [2.05, 4.69) is 15.0 Å². The Morgan fingerprint density at radius 3 is 2.79 bits per heavy atom. The molecule has 0 fully saturated rings. The topological polar surface area (TPSA) is 110 Å². The summed E-state index contributed by atoms with van der Waals surface area (Å²) in [5, 5.41) is 8.68. The summed E-state index contributed by atoms with van der Waals surface area (Å²) in [5.41, 5.74) is 6.08. The number of aryl methyl sites for hydroxylation is 1. The van der Waals surface area contributed by atoms with Crippen LogP contribution in [0.4, 0.5) is 5.95 Å². The lowest BCUT2D eigenvalue weighted by atomic mass is 10.1. The average Bonchev–Trinajstić information content (AvgIpc) is 2.77. The lowest BCUT2D eigenvalue weighted by Gasteiger charge is -2.03. The number of hydrogen-bond acceptors (Lipinski definition) is 5. The number of rotatable bonds is 7. The summed E-state index contributed by atoms with van der Waals surface area (Å²) in [5.74, 6) is 0.0896. The molecule has 0 atom stereocenters. The van der Waals surface area contributed by atoms with Crippen LogP contribution in [0.25, 0.3) is 11.2 Å². The molecule has 0 bridgehead atoms. The first-order valence-electron chi connectivity index (χ1n) is 6.54. The first-order valence-corrected chi connectivity index (χ1v) is 6.54. The molecule has 0 amide bonds. The van der Waals surface area contributed by atoms with Gasteiger partial charge in [0.1, 0.15) is 0 Å². The Morgan fingerprint density at radius 1 is 1.26 bits per heavy atom. The zero-order valence-electron chi connectivity index (χ0n) is 10.8. The molecule has 0 radical (unpaired) electrons. The van der Waals surface area contributed by atoms with E-state index in [4.69, 9.17) is 10.8 Å². The highest BCUT2D eigenvalue weighted by atomic mass is 16.2. The van der Waals surface area contributed by atoms with Gasteiger partial charge >= 0.3 is 0 Å². The van der Waals surface area contributed by atoms with Gasteiger partial charge in [0.05, 0.1) is 6.33 Å². The van der Waals surface area contributed by atoms with Gasteiger partial charge in [0.2, 0.25) is 5.95 Å². The highest BCUT2D eigenvalue weighted by molar-refractivity contribution is 5.70. The Balaban J connectivity index is 1.96. The van der Waals surface area contributed by atoms with Crippen LogP contribution in [0.5, 0.6) is 0 Å². The van der Waals surface area contributed by atoms with Gasteiger partial charge in [0.25, 0.3) is 5.56 Å². The van der Waals surface area contributed by atoms with Gasteiger partial charge < -0.3 is 15.4 Å². The number of imidazole rings is 1. The molecule has 0 spiro atoms. The van der Waals surface area contributed by atoms with E-state index in [-0.39, 0.29) is 18.1 Å². The van der Waals surface area contributed by atoms with E-state index in [1.54, 1.807) is 6.33 Å². The predicted molar refractivity (Wildman–Crippen MR) is 72.7 cm³/mol. The molecule has 19 heavy (non-hydrogen) atoms. The zero-order chi connectivity index (χ0) is 13.7. The van der Waals surface area contributed by atoms with E-state index >= 15 is 0 Å². The highest BCUT2D eigenvalue weighted by Gasteiger charge is 2.08. The average molecular weight is 265 g/mol. The summed E-state index contributed by atoms with van der Waals surface area (Å²) >= 11 is 0. The number of aromatic nitrogens is 4. The number of aliphatic hydroxyl groups is 1. The Bertz CT molecular complexity index is 589. The summed E-state index contributed by atoms with van der Waals surface area (Å²) in [6.07, 6.45) is 6.66. The van der Waals surface area contributed by atoms with Crippen molar-refractivity contribution in [3.05, 3.63) is 16.7 Å². The van der Waals surface area contributed by atoms with E-state index in [9.17, 15) is 4.79 Å². The molecule has 0 aliphatic rings. The first-order chi connectivity index (χ1) is 9.22. The first kappa shape index (κ1) is 13.5. The maximum Gasteiger partial charge on any atom is 0.278 e. The summed E-state index contributed by atoms with van der Waals surface area (Å²) in [6, 6.07) is 0. The van der Waals surface area contributed by atoms with E-state index in [0.717, 1.165) is 38.6 Å². The third-order valence-corrected chi connectivity index (χ3v) is 3.06. The molecule has 0 unspecified atom stereocenters. The maximum absolute atomic E-state index is 11.8. The summed E-state index contributed by atoms with van der Waals surface area (Å²) in [7, 11) is 0. The van der Waals surface area contributed by atoms with Crippen LogP contribution in [0.15, 0.2) is 11.1 Å². The number of anilines is 1. The Morgan fingerprint density at radius 2 is 2.00 bits per heavy atom. The highest BCUT2D eigenvalue weighted by Crippen LogP contribution is 2.09. The number of hydrogen-bond donors (Lipinski definition) is 3. The quantitative estimate of drug-likeness (QED) is 0.636. The molecule has 4 N–H and O–H groups in total. The number of aliphatic hydroxyl groups excluding tert-OH is 1. The number of nitrogens with zero attached hydrogens (tertiary/aromatic N) is 3. The maximum atomic E-state index is 11.8. The molecule has 2 aromatic rings. The van der Waals surface area contributed by atoms with Crippen molar-refractivity contribution < 1.29 is 5.11 Å². The molecule has 0 saturated heterocycles. The largest absolute Gasteiger partial charge is 0.396 e. The lowest BCUT2D eigenvalue weighted by molar-refractivity contribution is 0.282. The van der Waals surface area contributed by atoms with E-state index < -0.39 is 0 Å². The van der Waals surface area contributed by atoms with Crippen LogP contribution in [0.2, 0.25) is 0 Å². The van der Waals surface area contributed by atoms with Crippen molar-refractivity contribution in [2.45, 2.75) is 38.6 Å². The minimum absolute atomic E-state index is 0.0896. The Kier molecular flexibility index (Phi) is 4.51. The molecule has 2 aromatic heterocycles. The number of nitrogens with one attached hydrogen (secondary N) is 1. The van der Waals surface area contributed by atoms with Gasteiger partial charge in [-0.15, -0.1) is 0 Å². The second-order valence-electron chi connectivity index (χ2n) is 4.55. The molecular formula is C12H19N5O2. The molecule has 0 aliphatic heterocycles. The van der Waals surface area contributed by atoms with Crippen molar-refractivity contribution in [3.63, 3.8) is 0 Å². The molecule has 0 saturated carbocycles. The SMILES string of the molecule is Nc1nc2ncn(CCCCCCCO)c2c(=O)[nH]1. The molecule has 104 valence electrons. The fourth-order valence-electron chi connectivity index (χ4n) is 2.10. The van der Waals surface area contributed by atoms with E-state index in [1.165, 1.54) is 0 Å². The van der Waals surface area contributed by atoms with Crippen LogP contribution in [0.3, 0.4) is 0 Å². The number of unbranched alkanes of at least 4 members (excludes halogenated alkanes) is 4. The van der Waals surface area contributed by atoms with Gasteiger partial charge in [-0.1, -0.05) is 19.3 Å². The van der Waals surface area contributed by atoms with Gasteiger partial charge in [-0.05, 0) is 12.8 Å². The third kappa shape index (κ3) is 3.31.